The summed E-state index contributed by atoms with van der Waals surface area (Å²) in [7, 11) is 1.94. The van der Waals surface area contributed by atoms with E-state index in [1.165, 1.54) is 0 Å². The maximum atomic E-state index is 12.4. The highest BCUT2D eigenvalue weighted by Crippen LogP contribution is 2.23. The Kier molecular flexibility index (Phi) is 5.11. The standard InChI is InChI=1S/C16H28N4O2/c1-12(2)13(14-6-7-18-19(14)5)10-17-15(21)20-8-9-22-16(3,4)11-20/h6-7,12-13H,8-11H2,1-5H3,(H,17,21)/t13-/m0/s1. The second-order valence-electron chi connectivity index (χ2n) is 6.95. The highest BCUT2D eigenvalue weighted by atomic mass is 16.5. The van der Waals surface area contributed by atoms with Gasteiger partial charge in [0.05, 0.1) is 18.8 Å². The Bertz CT molecular complexity index is 510. The number of nitrogens with zero attached hydrogens (tertiary/aromatic N) is 3. The lowest BCUT2D eigenvalue weighted by molar-refractivity contribution is -0.0733. The van der Waals surface area contributed by atoms with Gasteiger partial charge in [0, 0.05) is 37.9 Å². The van der Waals surface area contributed by atoms with Crippen molar-refractivity contribution in [3.05, 3.63) is 18.0 Å². The summed E-state index contributed by atoms with van der Waals surface area (Å²) in [4.78, 5) is 14.2. The van der Waals surface area contributed by atoms with Gasteiger partial charge in [-0.15, -0.1) is 0 Å². The van der Waals surface area contributed by atoms with E-state index in [1.54, 1.807) is 6.20 Å². The first-order chi connectivity index (χ1) is 10.3. The smallest absolute Gasteiger partial charge is 0.317 e. The first-order valence-corrected chi connectivity index (χ1v) is 7.95. The molecule has 1 aromatic heterocycles. The third kappa shape index (κ3) is 4.00. The van der Waals surface area contributed by atoms with E-state index in [2.05, 4.69) is 24.3 Å². The van der Waals surface area contributed by atoms with Crippen LogP contribution in [0.15, 0.2) is 12.3 Å². The number of ether oxygens (including phenoxy) is 1. The largest absolute Gasteiger partial charge is 0.372 e. The van der Waals surface area contributed by atoms with E-state index in [4.69, 9.17) is 4.74 Å². The van der Waals surface area contributed by atoms with Crippen molar-refractivity contribution in [1.29, 1.82) is 0 Å². The molecule has 0 unspecified atom stereocenters. The molecule has 1 fully saturated rings. The summed E-state index contributed by atoms with van der Waals surface area (Å²) in [5.41, 5.74) is 0.882. The van der Waals surface area contributed by atoms with E-state index in [9.17, 15) is 4.79 Å². The SMILES string of the molecule is CC(C)[C@H](CNC(=O)N1CCOC(C)(C)C1)c1ccnn1C. The fraction of sp³-hybridized carbons (Fsp3) is 0.750. The number of rotatable bonds is 4. The van der Waals surface area contributed by atoms with Crippen LogP contribution in [-0.2, 0) is 11.8 Å². The zero-order valence-electron chi connectivity index (χ0n) is 14.3. The van der Waals surface area contributed by atoms with Crippen molar-refractivity contribution in [3.8, 4) is 0 Å². The van der Waals surface area contributed by atoms with Crippen LogP contribution >= 0.6 is 0 Å². The molecule has 1 N–H and O–H groups in total. The molecule has 0 aromatic carbocycles. The van der Waals surface area contributed by atoms with E-state index >= 15 is 0 Å². The van der Waals surface area contributed by atoms with Gasteiger partial charge in [-0.25, -0.2) is 4.79 Å². The van der Waals surface area contributed by atoms with Crippen molar-refractivity contribution in [2.75, 3.05) is 26.2 Å². The van der Waals surface area contributed by atoms with Gasteiger partial charge in [-0.3, -0.25) is 4.68 Å². The van der Waals surface area contributed by atoms with Gasteiger partial charge >= 0.3 is 6.03 Å². The predicted octanol–water partition coefficient (Wildman–Crippen LogP) is 1.98. The molecule has 1 aliphatic rings. The Hall–Kier alpha value is -1.56. The molecule has 2 amide bonds. The van der Waals surface area contributed by atoms with E-state index in [0.29, 0.717) is 32.2 Å². The van der Waals surface area contributed by atoms with Crippen LogP contribution in [0.3, 0.4) is 0 Å². The monoisotopic (exact) mass is 308 g/mol. The van der Waals surface area contributed by atoms with Gasteiger partial charge in [0.25, 0.3) is 0 Å². The molecule has 0 radical (unpaired) electrons. The van der Waals surface area contributed by atoms with Gasteiger partial charge in [0.1, 0.15) is 0 Å². The van der Waals surface area contributed by atoms with Crippen LogP contribution in [0.1, 0.15) is 39.3 Å². The molecule has 22 heavy (non-hydrogen) atoms. The third-order valence-electron chi connectivity index (χ3n) is 4.23. The molecule has 0 bridgehead atoms. The molecule has 0 saturated carbocycles. The van der Waals surface area contributed by atoms with Crippen LogP contribution < -0.4 is 5.32 Å². The minimum Gasteiger partial charge on any atom is -0.372 e. The number of amides is 2. The molecule has 124 valence electrons. The zero-order chi connectivity index (χ0) is 16.3. The summed E-state index contributed by atoms with van der Waals surface area (Å²) in [5.74, 6) is 0.683. The number of aromatic nitrogens is 2. The summed E-state index contributed by atoms with van der Waals surface area (Å²) in [5, 5.41) is 7.31. The summed E-state index contributed by atoms with van der Waals surface area (Å²) in [6, 6.07) is 2.01. The van der Waals surface area contributed by atoms with E-state index < -0.39 is 0 Å². The number of nitrogens with one attached hydrogen (secondary N) is 1. The molecular formula is C16H28N4O2. The molecular weight excluding hydrogens is 280 g/mol. The predicted molar refractivity (Wildman–Crippen MR) is 85.8 cm³/mol. The minimum absolute atomic E-state index is 0.0100. The Labute approximate surface area is 132 Å². The van der Waals surface area contributed by atoms with Crippen LogP contribution in [0.5, 0.6) is 0 Å². The molecule has 2 heterocycles. The highest BCUT2D eigenvalue weighted by Gasteiger charge is 2.30. The van der Waals surface area contributed by atoms with Gasteiger partial charge in [0.2, 0.25) is 0 Å². The molecule has 1 saturated heterocycles. The number of carbonyl (C=O) groups excluding carboxylic acids is 1. The van der Waals surface area contributed by atoms with Crippen molar-refractivity contribution in [1.82, 2.24) is 20.0 Å². The number of urea groups is 1. The Morgan fingerprint density at radius 1 is 1.50 bits per heavy atom. The molecule has 2 rings (SSSR count). The maximum absolute atomic E-state index is 12.4. The molecule has 0 spiro atoms. The highest BCUT2D eigenvalue weighted by molar-refractivity contribution is 5.74. The molecule has 6 heteroatoms. The Morgan fingerprint density at radius 3 is 2.77 bits per heavy atom. The van der Waals surface area contributed by atoms with Crippen LogP contribution in [0, 0.1) is 5.92 Å². The molecule has 1 atom stereocenters. The average Bonchev–Trinajstić information content (AvgIpc) is 2.83. The van der Waals surface area contributed by atoms with E-state index in [1.807, 2.05) is 36.5 Å². The normalized spacial score (nSPS) is 19.3. The number of hydrogen-bond donors (Lipinski definition) is 1. The maximum Gasteiger partial charge on any atom is 0.317 e. The van der Waals surface area contributed by atoms with Crippen molar-refractivity contribution < 1.29 is 9.53 Å². The topological polar surface area (TPSA) is 59.4 Å². The molecule has 0 aliphatic carbocycles. The zero-order valence-corrected chi connectivity index (χ0v) is 14.3. The molecule has 6 nitrogen and oxygen atoms in total. The van der Waals surface area contributed by atoms with Crippen molar-refractivity contribution in [2.45, 2.75) is 39.2 Å². The van der Waals surface area contributed by atoms with Crippen molar-refractivity contribution in [2.24, 2.45) is 13.0 Å². The quantitative estimate of drug-likeness (QED) is 0.925. The van der Waals surface area contributed by atoms with E-state index in [-0.39, 0.29) is 17.6 Å². The summed E-state index contributed by atoms with van der Waals surface area (Å²) in [6.07, 6.45) is 1.80. The van der Waals surface area contributed by atoms with Crippen LogP contribution in [0.25, 0.3) is 0 Å². The fourth-order valence-corrected chi connectivity index (χ4v) is 2.93. The average molecular weight is 308 g/mol. The number of carbonyl (C=O) groups is 1. The number of aryl methyl sites for hydroxylation is 1. The molecule has 1 aliphatic heterocycles. The van der Waals surface area contributed by atoms with E-state index in [0.717, 1.165) is 5.69 Å². The van der Waals surface area contributed by atoms with Crippen LogP contribution in [-0.4, -0.2) is 52.6 Å². The van der Waals surface area contributed by atoms with Crippen LogP contribution in [0.2, 0.25) is 0 Å². The summed E-state index contributed by atoms with van der Waals surface area (Å²) < 4.78 is 7.53. The van der Waals surface area contributed by atoms with Gasteiger partial charge in [0.15, 0.2) is 0 Å². The third-order valence-corrected chi connectivity index (χ3v) is 4.23. The minimum atomic E-state index is -0.269. The summed E-state index contributed by atoms with van der Waals surface area (Å²) in [6.45, 7) is 10.8. The lowest BCUT2D eigenvalue weighted by Crippen LogP contribution is -2.54. The second-order valence-corrected chi connectivity index (χ2v) is 6.95. The van der Waals surface area contributed by atoms with Crippen molar-refractivity contribution >= 4 is 6.03 Å². The van der Waals surface area contributed by atoms with Gasteiger partial charge in [-0.05, 0) is 25.8 Å². The Morgan fingerprint density at radius 2 is 2.23 bits per heavy atom. The lowest BCUT2D eigenvalue weighted by Gasteiger charge is -2.38. The van der Waals surface area contributed by atoms with Gasteiger partial charge in [-0.2, -0.15) is 5.10 Å². The van der Waals surface area contributed by atoms with Crippen LogP contribution in [0.4, 0.5) is 4.79 Å². The van der Waals surface area contributed by atoms with Gasteiger partial charge < -0.3 is 15.0 Å². The Balaban J connectivity index is 1.95. The first kappa shape index (κ1) is 16.8. The lowest BCUT2D eigenvalue weighted by atomic mass is 9.92. The van der Waals surface area contributed by atoms with Crippen molar-refractivity contribution in [3.63, 3.8) is 0 Å². The first-order valence-electron chi connectivity index (χ1n) is 7.95. The number of morpholine rings is 1. The van der Waals surface area contributed by atoms with Gasteiger partial charge in [-0.1, -0.05) is 13.8 Å². The second kappa shape index (κ2) is 6.69. The molecule has 1 aromatic rings. The number of hydrogen-bond acceptors (Lipinski definition) is 3. The fourth-order valence-electron chi connectivity index (χ4n) is 2.93. The summed E-state index contributed by atoms with van der Waals surface area (Å²) >= 11 is 0.